The molecule has 0 N–H and O–H groups in total. The number of alkyl halides is 3. The summed E-state index contributed by atoms with van der Waals surface area (Å²) < 4.78 is 67.5. The number of methoxy groups -OCH3 is 1. The minimum Gasteiger partial charge on any atom is -0.492 e. The van der Waals surface area contributed by atoms with Gasteiger partial charge in [0, 0.05) is 5.56 Å². The van der Waals surface area contributed by atoms with Gasteiger partial charge in [-0.05, 0) is 12.1 Å². The summed E-state index contributed by atoms with van der Waals surface area (Å²) in [6, 6.07) is 3.76. The number of hydrogen-bond acceptors (Lipinski definition) is 5. The number of ether oxygens (including phenoxy) is 1. The lowest BCUT2D eigenvalue weighted by Gasteiger charge is -2.14. The highest BCUT2D eigenvalue weighted by Gasteiger charge is 2.49. The van der Waals surface area contributed by atoms with Crippen molar-refractivity contribution >= 4 is 16.2 Å². The van der Waals surface area contributed by atoms with Crippen molar-refractivity contribution in [3.8, 4) is 17.6 Å². The zero-order chi connectivity index (χ0) is 15.6. The molecule has 0 amide bonds. The average molecular weight is 307 g/mol. The summed E-state index contributed by atoms with van der Waals surface area (Å²) in [6.45, 7) is 3.38. The van der Waals surface area contributed by atoms with Crippen LogP contribution in [0.15, 0.2) is 18.7 Å². The lowest BCUT2D eigenvalue weighted by atomic mass is 10.1. The molecule has 0 bridgehead atoms. The van der Waals surface area contributed by atoms with Crippen LogP contribution < -0.4 is 8.92 Å². The smallest absolute Gasteiger partial charge is 0.492 e. The molecule has 0 unspecified atom stereocenters. The van der Waals surface area contributed by atoms with Crippen LogP contribution in [0.5, 0.6) is 11.5 Å². The van der Waals surface area contributed by atoms with Gasteiger partial charge in [-0.15, -0.1) is 0 Å². The highest BCUT2D eigenvalue weighted by molar-refractivity contribution is 7.88. The highest BCUT2D eigenvalue weighted by Crippen LogP contribution is 2.37. The van der Waals surface area contributed by atoms with Gasteiger partial charge in [0.15, 0.2) is 11.5 Å². The number of halogens is 3. The van der Waals surface area contributed by atoms with Crippen LogP contribution in [0.1, 0.15) is 11.1 Å². The Morgan fingerprint density at radius 2 is 2.00 bits per heavy atom. The summed E-state index contributed by atoms with van der Waals surface area (Å²) >= 11 is 0. The minimum absolute atomic E-state index is 0.0323. The van der Waals surface area contributed by atoms with Gasteiger partial charge in [0.05, 0.1) is 18.7 Å². The average Bonchev–Trinajstić information content (AvgIpc) is 2.36. The molecular formula is C11H8F3NO4S. The molecule has 1 aromatic rings. The van der Waals surface area contributed by atoms with Gasteiger partial charge in [0.25, 0.3) is 0 Å². The van der Waals surface area contributed by atoms with Gasteiger partial charge in [-0.1, -0.05) is 12.7 Å². The van der Waals surface area contributed by atoms with Crippen molar-refractivity contribution in [2.45, 2.75) is 5.51 Å². The summed E-state index contributed by atoms with van der Waals surface area (Å²) in [5, 5.41) is 8.83. The van der Waals surface area contributed by atoms with E-state index < -0.39 is 21.4 Å². The molecule has 0 aliphatic heterocycles. The zero-order valence-corrected chi connectivity index (χ0v) is 10.9. The standard InChI is InChI=1S/C11H8F3NO4S/c1-3-8-7(6-15)4-5-9(10(8)18-2)19-20(16,17)11(12,13)14/h3-5H,1H2,2H3. The second-order valence-corrected chi connectivity index (χ2v) is 4.90. The zero-order valence-electron chi connectivity index (χ0n) is 10.1. The van der Waals surface area contributed by atoms with Gasteiger partial charge in [-0.3, -0.25) is 0 Å². The van der Waals surface area contributed by atoms with E-state index in [2.05, 4.69) is 10.8 Å². The Morgan fingerprint density at radius 3 is 2.40 bits per heavy atom. The summed E-state index contributed by atoms with van der Waals surface area (Å²) in [4.78, 5) is 0. The summed E-state index contributed by atoms with van der Waals surface area (Å²) in [5.41, 5.74) is -5.49. The Labute approximate surface area is 113 Å². The Morgan fingerprint density at radius 1 is 1.40 bits per heavy atom. The molecule has 20 heavy (non-hydrogen) atoms. The molecule has 1 aromatic carbocycles. The first-order chi connectivity index (χ1) is 9.17. The lowest BCUT2D eigenvalue weighted by Crippen LogP contribution is -2.28. The van der Waals surface area contributed by atoms with Crippen molar-refractivity contribution in [1.29, 1.82) is 5.26 Å². The normalized spacial score (nSPS) is 11.6. The second-order valence-electron chi connectivity index (χ2n) is 3.36. The topological polar surface area (TPSA) is 76.4 Å². The molecule has 9 heteroatoms. The van der Waals surface area contributed by atoms with Crippen molar-refractivity contribution in [3.63, 3.8) is 0 Å². The van der Waals surface area contributed by atoms with E-state index in [4.69, 9.17) is 10.00 Å². The van der Waals surface area contributed by atoms with Crippen LogP contribution in [-0.4, -0.2) is 21.0 Å². The molecule has 0 aliphatic rings. The maximum Gasteiger partial charge on any atom is 0.534 e. The Bertz CT molecular complexity index is 674. The van der Waals surface area contributed by atoms with Gasteiger partial charge in [0.1, 0.15) is 0 Å². The molecule has 0 aromatic heterocycles. The summed E-state index contributed by atoms with van der Waals surface area (Å²) in [6.07, 6.45) is 1.14. The second kappa shape index (κ2) is 5.42. The van der Waals surface area contributed by atoms with E-state index in [0.717, 1.165) is 25.3 Å². The highest BCUT2D eigenvalue weighted by atomic mass is 32.2. The molecule has 5 nitrogen and oxygen atoms in total. The molecule has 0 fully saturated rings. The van der Waals surface area contributed by atoms with E-state index in [-0.39, 0.29) is 16.9 Å². The first kappa shape index (κ1) is 15.8. The number of benzene rings is 1. The predicted octanol–water partition coefficient (Wildman–Crippen LogP) is 2.44. The van der Waals surface area contributed by atoms with Crippen molar-refractivity contribution in [2.24, 2.45) is 0 Å². The Hall–Kier alpha value is -2.21. The van der Waals surface area contributed by atoms with Crippen LogP contribution in [0.25, 0.3) is 6.08 Å². The van der Waals surface area contributed by atoms with Crippen molar-refractivity contribution in [1.82, 2.24) is 0 Å². The molecule has 0 saturated heterocycles. The maximum atomic E-state index is 12.3. The van der Waals surface area contributed by atoms with Crippen LogP contribution in [-0.2, 0) is 10.1 Å². The van der Waals surface area contributed by atoms with E-state index in [1.54, 1.807) is 6.07 Å². The van der Waals surface area contributed by atoms with E-state index >= 15 is 0 Å². The quantitative estimate of drug-likeness (QED) is 0.631. The third-order valence-electron chi connectivity index (χ3n) is 2.17. The summed E-state index contributed by atoms with van der Waals surface area (Å²) in [7, 11) is -4.73. The predicted molar refractivity (Wildman–Crippen MR) is 63.4 cm³/mol. The SMILES string of the molecule is C=Cc1c(C#N)ccc(OS(=O)(=O)C(F)(F)F)c1OC. The fourth-order valence-corrected chi connectivity index (χ4v) is 1.78. The molecule has 1 rings (SSSR count). The van der Waals surface area contributed by atoms with Gasteiger partial charge in [0.2, 0.25) is 0 Å². The molecule has 0 heterocycles. The molecule has 0 spiro atoms. The minimum atomic E-state index is -5.83. The first-order valence-electron chi connectivity index (χ1n) is 4.92. The molecule has 0 saturated carbocycles. The van der Waals surface area contributed by atoms with E-state index in [9.17, 15) is 21.6 Å². The van der Waals surface area contributed by atoms with Crippen molar-refractivity contribution < 1.29 is 30.5 Å². The maximum absolute atomic E-state index is 12.3. The number of rotatable bonds is 4. The van der Waals surface area contributed by atoms with Gasteiger partial charge < -0.3 is 8.92 Å². The number of nitriles is 1. The lowest BCUT2D eigenvalue weighted by molar-refractivity contribution is -0.0500. The number of nitrogens with zero attached hydrogens (tertiary/aromatic N) is 1. The van der Waals surface area contributed by atoms with E-state index in [1.807, 2.05) is 0 Å². The molecular weight excluding hydrogens is 299 g/mol. The largest absolute Gasteiger partial charge is 0.534 e. The monoisotopic (exact) mass is 307 g/mol. The molecule has 0 aliphatic carbocycles. The first-order valence-corrected chi connectivity index (χ1v) is 6.33. The molecule has 108 valence electrons. The fourth-order valence-electron chi connectivity index (χ4n) is 1.32. The van der Waals surface area contributed by atoms with Crippen molar-refractivity contribution in [3.05, 3.63) is 29.8 Å². The van der Waals surface area contributed by atoms with Crippen LogP contribution in [0.4, 0.5) is 13.2 Å². The third kappa shape index (κ3) is 2.85. The fraction of sp³-hybridized carbons (Fsp3) is 0.182. The van der Waals surface area contributed by atoms with Crippen LogP contribution >= 0.6 is 0 Å². The Kier molecular flexibility index (Phi) is 4.29. The number of hydrogen-bond donors (Lipinski definition) is 0. The van der Waals surface area contributed by atoms with E-state index in [1.165, 1.54) is 0 Å². The Balaban J connectivity index is 3.43. The van der Waals surface area contributed by atoms with Crippen LogP contribution in [0.3, 0.4) is 0 Å². The van der Waals surface area contributed by atoms with Crippen LogP contribution in [0, 0.1) is 11.3 Å². The molecule has 0 atom stereocenters. The summed E-state index contributed by atoms with van der Waals surface area (Å²) in [5.74, 6) is -1.01. The van der Waals surface area contributed by atoms with Gasteiger partial charge >= 0.3 is 15.6 Å². The van der Waals surface area contributed by atoms with Crippen molar-refractivity contribution in [2.75, 3.05) is 7.11 Å². The van der Waals surface area contributed by atoms with Crippen LogP contribution in [0.2, 0.25) is 0 Å². The molecule has 0 radical (unpaired) electrons. The van der Waals surface area contributed by atoms with E-state index in [0.29, 0.717) is 0 Å². The van der Waals surface area contributed by atoms with Gasteiger partial charge in [-0.25, -0.2) is 0 Å². The third-order valence-corrected chi connectivity index (χ3v) is 3.14. The van der Waals surface area contributed by atoms with Gasteiger partial charge in [-0.2, -0.15) is 26.9 Å².